The SMILES string of the molecule is O=C(O)C1CC(c2ccc(Cl)s2)CN1. The lowest BCUT2D eigenvalue weighted by molar-refractivity contribution is -0.139. The molecule has 2 heterocycles. The number of aliphatic carboxylic acids is 1. The molecule has 1 aromatic heterocycles. The van der Waals surface area contributed by atoms with Crippen LogP contribution in [0.5, 0.6) is 0 Å². The van der Waals surface area contributed by atoms with Gasteiger partial charge < -0.3 is 10.4 Å². The summed E-state index contributed by atoms with van der Waals surface area (Å²) in [5, 5.41) is 11.8. The van der Waals surface area contributed by atoms with Crippen LogP contribution >= 0.6 is 22.9 Å². The van der Waals surface area contributed by atoms with Gasteiger partial charge in [-0.05, 0) is 18.6 Å². The highest BCUT2D eigenvalue weighted by Crippen LogP contribution is 2.33. The Balaban J connectivity index is 2.05. The first-order valence-electron chi connectivity index (χ1n) is 4.38. The van der Waals surface area contributed by atoms with E-state index in [4.69, 9.17) is 16.7 Å². The van der Waals surface area contributed by atoms with Crippen molar-refractivity contribution < 1.29 is 9.90 Å². The highest BCUT2D eigenvalue weighted by Gasteiger charge is 2.30. The van der Waals surface area contributed by atoms with Gasteiger partial charge in [0, 0.05) is 17.3 Å². The molecule has 1 saturated heterocycles. The van der Waals surface area contributed by atoms with Crippen molar-refractivity contribution in [3.63, 3.8) is 0 Å². The number of nitrogens with one attached hydrogen (secondary N) is 1. The number of thiophene rings is 1. The summed E-state index contributed by atoms with van der Waals surface area (Å²) < 4.78 is 0.763. The monoisotopic (exact) mass is 231 g/mol. The van der Waals surface area contributed by atoms with Crippen molar-refractivity contribution in [1.82, 2.24) is 5.32 Å². The van der Waals surface area contributed by atoms with Gasteiger partial charge in [-0.25, -0.2) is 0 Å². The molecule has 0 aliphatic carbocycles. The predicted octanol–water partition coefficient (Wildman–Crippen LogP) is 1.93. The number of halogens is 1. The van der Waals surface area contributed by atoms with Crippen LogP contribution in [0.3, 0.4) is 0 Å². The van der Waals surface area contributed by atoms with Crippen molar-refractivity contribution >= 4 is 28.9 Å². The van der Waals surface area contributed by atoms with Crippen molar-refractivity contribution in [3.8, 4) is 0 Å². The summed E-state index contributed by atoms with van der Waals surface area (Å²) in [5.41, 5.74) is 0. The molecule has 2 N–H and O–H groups in total. The molecule has 1 fully saturated rings. The second-order valence-corrected chi connectivity index (χ2v) is 5.12. The quantitative estimate of drug-likeness (QED) is 0.818. The highest BCUT2D eigenvalue weighted by molar-refractivity contribution is 7.16. The molecule has 0 bridgehead atoms. The summed E-state index contributed by atoms with van der Waals surface area (Å²) in [4.78, 5) is 11.9. The molecule has 1 aromatic rings. The molecule has 5 heteroatoms. The molecule has 2 rings (SSSR count). The second kappa shape index (κ2) is 3.88. The van der Waals surface area contributed by atoms with E-state index in [1.54, 1.807) is 0 Å². The summed E-state index contributed by atoms with van der Waals surface area (Å²) in [7, 11) is 0. The Hall–Kier alpha value is -0.580. The Kier molecular flexibility index (Phi) is 2.76. The Morgan fingerprint density at radius 2 is 2.43 bits per heavy atom. The molecule has 0 radical (unpaired) electrons. The fourth-order valence-electron chi connectivity index (χ4n) is 1.69. The maximum atomic E-state index is 10.7. The minimum atomic E-state index is -0.768. The highest BCUT2D eigenvalue weighted by atomic mass is 35.5. The van der Waals surface area contributed by atoms with Crippen LogP contribution in [0.25, 0.3) is 0 Å². The summed E-state index contributed by atoms with van der Waals surface area (Å²) in [6, 6.07) is 3.43. The molecule has 1 aliphatic heterocycles. The number of hydrogen-bond acceptors (Lipinski definition) is 3. The normalized spacial score (nSPS) is 26.6. The first kappa shape index (κ1) is 9.96. The van der Waals surface area contributed by atoms with Gasteiger partial charge >= 0.3 is 5.97 Å². The summed E-state index contributed by atoms with van der Waals surface area (Å²) in [5.74, 6) is -0.469. The van der Waals surface area contributed by atoms with Crippen LogP contribution in [-0.4, -0.2) is 23.7 Å². The van der Waals surface area contributed by atoms with Crippen molar-refractivity contribution in [3.05, 3.63) is 21.3 Å². The fraction of sp³-hybridized carbons (Fsp3) is 0.444. The largest absolute Gasteiger partial charge is 0.480 e. The van der Waals surface area contributed by atoms with Crippen molar-refractivity contribution in [2.45, 2.75) is 18.4 Å². The molecule has 0 saturated carbocycles. The zero-order valence-electron chi connectivity index (χ0n) is 7.37. The third-order valence-corrected chi connectivity index (χ3v) is 3.82. The average molecular weight is 232 g/mol. The van der Waals surface area contributed by atoms with Gasteiger partial charge in [0.05, 0.1) is 4.34 Å². The van der Waals surface area contributed by atoms with Gasteiger partial charge in [0.2, 0.25) is 0 Å². The van der Waals surface area contributed by atoms with Gasteiger partial charge in [-0.15, -0.1) is 11.3 Å². The van der Waals surface area contributed by atoms with Crippen LogP contribution in [0.4, 0.5) is 0 Å². The topological polar surface area (TPSA) is 49.3 Å². The molecule has 2 unspecified atom stereocenters. The standard InChI is InChI=1S/C9H10ClNO2S/c10-8-2-1-7(14-8)5-3-6(9(12)13)11-4-5/h1-2,5-6,11H,3-4H2,(H,12,13). The summed E-state index contributed by atoms with van der Waals surface area (Å²) in [6.45, 7) is 0.730. The molecule has 0 aromatic carbocycles. The molecular formula is C9H10ClNO2S. The maximum Gasteiger partial charge on any atom is 0.320 e. The van der Waals surface area contributed by atoms with E-state index in [-0.39, 0.29) is 0 Å². The minimum Gasteiger partial charge on any atom is -0.480 e. The van der Waals surface area contributed by atoms with Crippen LogP contribution in [-0.2, 0) is 4.79 Å². The van der Waals surface area contributed by atoms with Gasteiger partial charge in [0.1, 0.15) is 6.04 Å². The Labute approximate surface area is 90.7 Å². The first-order chi connectivity index (χ1) is 6.66. The fourth-order valence-corrected chi connectivity index (χ4v) is 2.86. The van der Waals surface area contributed by atoms with E-state index in [0.717, 1.165) is 10.9 Å². The lowest BCUT2D eigenvalue weighted by Crippen LogP contribution is -2.29. The first-order valence-corrected chi connectivity index (χ1v) is 5.57. The second-order valence-electron chi connectivity index (χ2n) is 3.37. The van der Waals surface area contributed by atoms with Crippen LogP contribution in [0, 0.1) is 0 Å². The van der Waals surface area contributed by atoms with Crippen molar-refractivity contribution in [2.24, 2.45) is 0 Å². The average Bonchev–Trinajstić information content (AvgIpc) is 2.70. The van der Waals surface area contributed by atoms with Gasteiger partial charge in [-0.3, -0.25) is 4.79 Å². The molecule has 2 atom stereocenters. The Morgan fingerprint density at radius 3 is 2.93 bits per heavy atom. The number of carboxylic acid groups (broad SMARTS) is 1. The lowest BCUT2D eigenvalue weighted by atomic mass is 10.0. The van der Waals surface area contributed by atoms with E-state index in [9.17, 15) is 4.79 Å². The van der Waals surface area contributed by atoms with E-state index in [1.807, 2.05) is 12.1 Å². The number of hydrogen-bond donors (Lipinski definition) is 2. The van der Waals surface area contributed by atoms with Crippen molar-refractivity contribution in [1.29, 1.82) is 0 Å². The van der Waals surface area contributed by atoms with Gasteiger partial charge in [-0.1, -0.05) is 11.6 Å². The van der Waals surface area contributed by atoms with E-state index < -0.39 is 12.0 Å². The van der Waals surface area contributed by atoms with Gasteiger partial charge in [0.15, 0.2) is 0 Å². The molecule has 0 amide bonds. The Morgan fingerprint density at radius 1 is 1.64 bits per heavy atom. The molecule has 14 heavy (non-hydrogen) atoms. The van der Waals surface area contributed by atoms with E-state index in [2.05, 4.69) is 5.32 Å². The number of carbonyl (C=O) groups is 1. The van der Waals surface area contributed by atoms with E-state index in [0.29, 0.717) is 12.3 Å². The molecule has 76 valence electrons. The summed E-state index contributed by atoms with van der Waals surface area (Å²) >= 11 is 7.35. The van der Waals surface area contributed by atoms with Crippen LogP contribution < -0.4 is 5.32 Å². The van der Waals surface area contributed by atoms with Crippen LogP contribution in [0.15, 0.2) is 12.1 Å². The van der Waals surface area contributed by atoms with Crippen LogP contribution in [0.1, 0.15) is 17.2 Å². The summed E-state index contributed by atoms with van der Waals surface area (Å²) in [6.07, 6.45) is 0.659. The zero-order chi connectivity index (χ0) is 10.1. The smallest absolute Gasteiger partial charge is 0.320 e. The molecular weight excluding hydrogens is 222 g/mol. The predicted molar refractivity (Wildman–Crippen MR) is 56.1 cm³/mol. The van der Waals surface area contributed by atoms with Crippen molar-refractivity contribution in [2.75, 3.05) is 6.54 Å². The molecule has 3 nitrogen and oxygen atoms in total. The maximum absolute atomic E-state index is 10.7. The third-order valence-electron chi connectivity index (χ3n) is 2.43. The third kappa shape index (κ3) is 1.92. The lowest BCUT2D eigenvalue weighted by Gasteiger charge is -2.04. The minimum absolute atomic E-state index is 0.300. The van der Waals surface area contributed by atoms with E-state index >= 15 is 0 Å². The molecule has 0 spiro atoms. The van der Waals surface area contributed by atoms with Crippen LogP contribution in [0.2, 0.25) is 4.34 Å². The van der Waals surface area contributed by atoms with Gasteiger partial charge in [0.25, 0.3) is 0 Å². The number of carboxylic acids is 1. The number of rotatable bonds is 2. The van der Waals surface area contributed by atoms with E-state index in [1.165, 1.54) is 16.2 Å². The Bertz CT molecular complexity index is 352. The zero-order valence-corrected chi connectivity index (χ0v) is 8.94. The molecule has 1 aliphatic rings. The van der Waals surface area contributed by atoms with Gasteiger partial charge in [-0.2, -0.15) is 0 Å².